The third kappa shape index (κ3) is 5.18. The monoisotopic (exact) mass is 236 g/mol. The first-order chi connectivity index (χ1) is 8.01. The minimum atomic E-state index is 0.215. The maximum Gasteiger partial charge on any atom is 0.214 e. The minimum absolute atomic E-state index is 0.215. The Morgan fingerprint density at radius 2 is 2.00 bits per heavy atom. The van der Waals surface area contributed by atoms with Crippen LogP contribution >= 0.6 is 0 Å². The summed E-state index contributed by atoms with van der Waals surface area (Å²) in [4.78, 5) is 4.41. The first kappa shape index (κ1) is 14.0. The lowest BCUT2D eigenvalue weighted by Crippen LogP contribution is -2.16. The predicted molar refractivity (Wildman–Crippen MR) is 71.3 cm³/mol. The molecule has 0 saturated carbocycles. The van der Waals surface area contributed by atoms with Crippen molar-refractivity contribution in [3.8, 4) is 5.88 Å². The molecule has 0 spiro atoms. The molecule has 17 heavy (non-hydrogen) atoms. The fourth-order valence-corrected chi connectivity index (χ4v) is 1.99. The summed E-state index contributed by atoms with van der Waals surface area (Å²) < 4.78 is 5.85. The Labute approximate surface area is 105 Å². The number of pyridine rings is 1. The van der Waals surface area contributed by atoms with E-state index in [1.165, 1.54) is 5.56 Å². The molecule has 1 unspecified atom stereocenters. The Morgan fingerprint density at radius 1 is 1.29 bits per heavy atom. The van der Waals surface area contributed by atoms with Crippen molar-refractivity contribution in [2.24, 2.45) is 5.92 Å². The van der Waals surface area contributed by atoms with E-state index in [1.807, 2.05) is 20.0 Å². The molecule has 1 atom stereocenters. The number of hydrogen-bond acceptors (Lipinski definition) is 3. The molecule has 0 aliphatic carbocycles. The maximum absolute atomic E-state index is 5.85. The zero-order valence-corrected chi connectivity index (χ0v) is 11.6. The molecule has 1 rings (SSSR count). The first-order valence-electron chi connectivity index (χ1n) is 6.30. The number of hydrogen-bond donors (Lipinski definition) is 1. The Bertz CT molecular complexity index is 350. The van der Waals surface area contributed by atoms with Gasteiger partial charge in [0.05, 0.1) is 6.10 Å². The largest absolute Gasteiger partial charge is 0.475 e. The molecule has 0 aliphatic rings. The molecule has 3 heteroatoms. The standard InChI is InChI=1S/C14H24N2O/c1-10(2)6-12(4)17-14-8-13(9-15-5)7-11(3)16-14/h7-8,10,12,15H,6,9H2,1-5H3. The van der Waals surface area contributed by atoms with Gasteiger partial charge in [-0.3, -0.25) is 0 Å². The highest BCUT2D eigenvalue weighted by atomic mass is 16.5. The van der Waals surface area contributed by atoms with Gasteiger partial charge < -0.3 is 10.1 Å². The van der Waals surface area contributed by atoms with Crippen molar-refractivity contribution in [1.29, 1.82) is 0 Å². The van der Waals surface area contributed by atoms with Gasteiger partial charge in [-0.1, -0.05) is 13.8 Å². The van der Waals surface area contributed by atoms with E-state index >= 15 is 0 Å². The van der Waals surface area contributed by atoms with Crippen LogP contribution in [0.2, 0.25) is 0 Å². The number of aromatic nitrogens is 1. The van der Waals surface area contributed by atoms with E-state index in [9.17, 15) is 0 Å². The van der Waals surface area contributed by atoms with Crippen LogP contribution in [0.3, 0.4) is 0 Å². The van der Waals surface area contributed by atoms with Crippen molar-refractivity contribution in [2.45, 2.75) is 46.8 Å². The lowest BCUT2D eigenvalue weighted by atomic mass is 10.1. The first-order valence-corrected chi connectivity index (χ1v) is 6.30. The highest BCUT2D eigenvalue weighted by Crippen LogP contribution is 2.16. The second kappa shape index (κ2) is 6.60. The molecule has 0 bridgehead atoms. The lowest BCUT2D eigenvalue weighted by Gasteiger charge is -2.16. The van der Waals surface area contributed by atoms with Crippen molar-refractivity contribution in [3.63, 3.8) is 0 Å². The molecule has 1 aromatic rings. The lowest BCUT2D eigenvalue weighted by molar-refractivity contribution is 0.185. The minimum Gasteiger partial charge on any atom is -0.475 e. The van der Waals surface area contributed by atoms with E-state index in [0.29, 0.717) is 5.92 Å². The Hall–Kier alpha value is -1.09. The van der Waals surface area contributed by atoms with E-state index in [2.05, 4.69) is 37.1 Å². The Kier molecular flexibility index (Phi) is 5.42. The van der Waals surface area contributed by atoms with Crippen LogP contribution in [0.4, 0.5) is 0 Å². The molecule has 96 valence electrons. The quantitative estimate of drug-likeness (QED) is 0.824. The Balaban J connectivity index is 2.69. The molecular formula is C14H24N2O. The van der Waals surface area contributed by atoms with Crippen LogP contribution in [-0.4, -0.2) is 18.1 Å². The number of ether oxygens (including phenoxy) is 1. The molecule has 3 nitrogen and oxygen atoms in total. The zero-order valence-electron chi connectivity index (χ0n) is 11.6. The summed E-state index contributed by atoms with van der Waals surface area (Å²) >= 11 is 0. The van der Waals surface area contributed by atoms with Crippen LogP contribution in [0.1, 0.15) is 38.4 Å². The summed E-state index contributed by atoms with van der Waals surface area (Å²) in [7, 11) is 1.94. The number of nitrogens with zero attached hydrogens (tertiary/aromatic N) is 1. The smallest absolute Gasteiger partial charge is 0.214 e. The fraction of sp³-hybridized carbons (Fsp3) is 0.643. The highest BCUT2D eigenvalue weighted by molar-refractivity contribution is 5.24. The summed E-state index contributed by atoms with van der Waals surface area (Å²) in [6.07, 6.45) is 1.27. The molecule has 0 aromatic carbocycles. The molecule has 0 saturated heterocycles. The van der Waals surface area contributed by atoms with Crippen LogP contribution < -0.4 is 10.1 Å². The van der Waals surface area contributed by atoms with Gasteiger partial charge in [-0.2, -0.15) is 0 Å². The average molecular weight is 236 g/mol. The van der Waals surface area contributed by atoms with Gasteiger partial charge in [0.25, 0.3) is 0 Å². The van der Waals surface area contributed by atoms with Crippen LogP contribution in [0.15, 0.2) is 12.1 Å². The van der Waals surface area contributed by atoms with E-state index < -0.39 is 0 Å². The van der Waals surface area contributed by atoms with E-state index in [0.717, 1.165) is 24.5 Å². The molecule has 0 fully saturated rings. The van der Waals surface area contributed by atoms with Crippen molar-refractivity contribution in [3.05, 3.63) is 23.4 Å². The van der Waals surface area contributed by atoms with Gasteiger partial charge >= 0.3 is 0 Å². The molecule has 1 heterocycles. The fourth-order valence-electron chi connectivity index (χ4n) is 1.99. The second-order valence-corrected chi connectivity index (χ2v) is 5.04. The SMILES string of the molecule is CNCc1cc(C)nc(OC(C)CC(C)C)c1. The van der Waals surface area contributed by atoms with Crippen molar-refractivity contribution >= 4 is 0 Å². The number of aryl methyl sites for hydroxylation is 1. The molecule has 0 radical (unpaired) electrons. The summed E-state index contributed by atoms with van der Waals surface area (Å²) in [5, 5.41) is 3.14. The van der Waals surface area contributed by atoms with E-state index in [4.69, 9.17) is 4.74 Å². The number of rotatable bonds is 6. The topological polar surface area (TPSA) is 34.2 Å². The summed E-state index contributed by atoms with van der Waals surface area (Å²) in [6, 6.07) is 4.09. The van der Waals surface area contributed by atoms with Gasteiger partial charge in [-0.25, -0.2) is 4.98 Å². The summed E-state index contributed by atoms with van der Waals surface area (Å²) in [5.74, 6) is 1.38. The molecule has 0 amide bonds. The summed E-state index contributed by atoms with van der Waals surface area (Å²) in [6.45, 7) is 9.35. The van der Waals surface area contributed by atoms with Gasteiger partial charge in [-0.15, -0.1) is 0 Å². The van der Waals surface area contributed by atoms with Crippen molar-refractivity contribution < 1.29 is 4.74 Å². The highest BCUT2D eigenvalue weighted by Gasteiger charge is 2.08. The van der Waals surface area contributed by atoms with Crippen LogP contribution in [0.5, 0.6) is 5.88 Å². The zero-order chi connectivity index (χ0) is 12.8. The molecule has 1 N–H and O–H groups in total. The molecule has 1 aromatic heterocycles. The van der Waals surface area contributed by atoms with Crippen LogP contribution in [-0.2, 0) is 6.54 Å². The maximum atomic E-state index is 5.85. The predicted octanol–water partition coefficient (Wildman–Crippen LogP) is 2.92. The van der Waals surface area contributed by atoms with E-state index in [1.54, 1.807) is 0 Å². The third-order valence-corrected chi connectivity index (χ3v) is 2.50. The molecular weight excluding hydrogens is 212 g/mol. The number of nitrogens with one attached hydrogen (secondary N) is 1. The summed E-state index contributed by atoms with van der Waals surface area (Å²) in [5.41, 5.74) is 2.22. The van der Waals surface area contributed by atoms with Gasteiger partial charge in [0, 0.05) is 18.3 Å². The normalized spacial score (nSPS) is 12.8. The van der Waals surface area contributed by atoms with Gasteiger partial charge in [-0.05, 0) is 44.9 Å². The Morgan fingerprint density at radius 3 is 2.59 bits per heavy atom. The molecule has 0 aliphatic heterocycles. The van der Waals surface area contributed by atoms with Gasteiger partial charge in [0.1, 0.15) is 0 Å². The van der Waals surface area contributed by atoms with Crippen molar-refractivity contribution in [1.82, 2.24) is 10.3 Å². The second-order valence-electron chi connectivity index (χ2n) is 5.04. The van der Waals surface area contributed by atoms with Crippen LogP contribution in [0.25, 0.3) is 0 Å². The van der Waals surface area contributed by atoms with Crippen LogP contribution in [0, 0.1) is 12.8 Å². The average Bonchev–Trinajstić information content (AvgIpc) is 2.14. The van der Waals surface area contributed by atoms with E-state index in [-0.39, 0.29) is 6.10 Å². The van der Waals surface area contributed by atoms with Crippen molar-refractivity contribution in [2.75, 3.05) is 7.05 Å². The third-order valence-electron chi connectivity index (χ3n) is 2.50. The van der Waals surface area contributed by atoms with Gasteiger partial charge in [0.15, 0.2) is 0 Å². The van der Waals surface area contributed by atoms with Gasteiger partial charge in [0.2, 0.25) is 5.88 Å².